The summed E-state index contributed by atoms with van der Waals surface area (Å²) in [5.41, 5.74) is 26.3. The van der Waals surface area contributed by atoms with Crippen molar-refractivity contribution in [2.75, 3.05) is 18.1 Å². The summed E-state index contributed by atoms with van der Waals surface area (Å²) in [6.45, 7) is -0.404. The number of benzene rings is 4. The van der Waals surface area contributed by atoms with Gasteiger partial charge in [-0.3, -0.25) is 19.2 Å². The summed E-state index contributed by atoms with van der Waals surface area (Å²) >= 11 is 1.36. The Bertz CT molecular complexity index is 2120. The molecule has 0 saturated carbocycles. The molecule has 0 spiro atoms. The fourth-order valence-electron chi connectivity index (χ4n) is 6.96. The van der Waals surface area contributed by atoms with Crippen molar-refractivity contribution in [3.8, 4) is 11.1 Å². The van der Waals surface area contributed by atoms with Gasteiger partial charge in [-0.05, 0) is 65.1 Å². The summed E-state index contributed by atoms with van der Waals surface area (Å²) in [5.74, 6) is -5.11. The third kappa shape index (κ3) is 13.0. The average Bonchev–Trinajstić information content (AvgIpc) is 3.78. The fraction of sp³-hybridized carbons (Fsp3) is 0.261. The second kappa shape index (κ2) is 23.2. The molecule has 314 valence electrons. The molecule has 1 aromatic heterocycles. The molecule has 0 aliphatic carbocycles. The van der Waals surface area contributed by atoms with Crippen molar-refractivity contribution in [2.24, 2.45) is 34.8 Å². The van der Waals surface area contributed by atoms with Gasteiger partial charge in [-0.15, -0.1) is 11.3 Å². The van der Waals surface area contributed by atoms with Gasteiger partial charge in [-0.25, -0.2) is 0 Å². The van der Waals surface area contributed by atoms with Crippen LogP contribution in [0.3, 0.4) is 0 Å². The minimum Gasteiger partial charge on any atom is -0.481 e. The first-order chi connectivity index (χ1) is 28.9. The fourth-order valence-corrected chi connectivity index (χ4v) is 7.71. The molecule has 0 bridgehead atoms. The van der Waals surface area contributed by atoms with Crippen LogP contribution in [0.1, 0.15) is 28.8 Å². The molecule has 3 amide bonds. The number of anilines is 1. The Morgan fingerprint density at radius 3 is 1.85 bits per heavy atom. The molecule has 0 radical (unpaired) electrons. The Hall–Kier alpha value is -6.48. The number of carboxylic acids is 1. The van der Waals surface area contributed by atoms with Crippen LogP contribution in [-0.2, 0) is 52.8 Å². The lowest BCUT2D eigenvalue weighted by molar-refractivity contribution is -0.137. The molecule has 0 aliphatic heterocycles. The van der Waals surface area contributed by atoms with Gasteiger partial charge in [-0.1, -0.05) is 109 Å². The van der Waals surface area contributed by atoms with E-state index in [4.69, 9.17) is 32.8 Å². The zero-order valence-electron chi connectivity index (χ0n) is 33.1. The molecule has 0 unspecified atom stereocenters. The van der Waals surface area contributed by atoms with Crippen LogP contribution in [0.5, 0.6) is 0 Å². The van der Waals surface area contributed by atoms with Gasteiger partial charge < -0.3 is 47.3 Å². The number of hydrogen-bond donors (Lipinski definition) is 5. The highest BCUT2D eigenvalue weighted by atomic mass is 32.1. The highest BCUT2D eigenvalue weighted by Gasteiger charge is 2.52. The lowest BCUT2D eigenvalue weighted by Crippen LogP contribution is -2.67. The van der Waals surface area contributed by atoms with E-state index in [9.17, 15) is 28.8 Å². The van der Waals surface area contributed by atoms with Crippen molar-refractivity contribution < 1.29 is 38.6 Å². The molecule has 5 rings (SSSR count). The first-order valence-electron chi connectivity index (χ1n) is 19.3. The van der Waals surface area contributed by atoms with Crippen LogP contribution in [0.25, 0.3) is 11.1 Å². The van der Waals surface area contributed by atoms with Crippen LogP contribution in [-0.4, -0.2) is 72.2 Å². The normalized spacial score (nSPS) is 13.8. The van der Waals surface area contributed by atoms with E-state index in [2.05, 4.69) is 12.1 Å². The number of rotatable bonds is 23. The van der Waals surface area contributed by atoms with Gasteiger partial charge in [0, 0.05) is 29.3 Å². The Morgan fingerprint density at radius 1 is 0.733 bits per heavy atom. The van der Waals surface area contributed by atoms with Crippen LogP contribution in [0.15, 0.2) is 133 Å². The van der Waals surface area contributed by atoms with E-state index < -0.39 is 59.6 Å². The summed E-state index contributed by atoms with van der Waals surface area (Å²) in [4.78, 5) is 75.6. The minimum absolute atomic E-state index is 0.0341. The summed E-state index contributed by atoms with van der Waals surface area (Å²) in [5, 5.41) is 10.4. The highest BCUT2D eigenvalue weighted by molar-refractivity contribution is 7.09. The lowest BCUT2D eigenvalue weighted by Gasteiger charge is -2.46. The standard InChI is InChI=1S/C31H37N5O6S.C15H14O2/c32-27(29(34)40)22(16-21-8-3-1-4-9-21)20-42-24(19-38)18-36(23-10-5-2-6-11-23)31(13-14-37,30(35)41)26(28(33)39)17-25-12-7-15-43-25;16-15(17)11-8-12-6-9-14(10-7-12)13-4-2-1-3-5-13/h1-12,14-15,19,22,24,26-27H,13,16-18,20,32H2,(H2,33,39)(H2,34,40)(H2,35,41);1-7,9-10H,8,11H2,(H,16,17)/t22-,24-,26+,27+,31-;/m0./s1. The molecule has 13 nitrogen and oxygen atoms in total. The van der Waals surface area contributed by atoms with Gasteiger partial charge in [0.2, 0.25) is 17.7 Å². The van der Waals surface area contributed by atoms with Crippen molar-refractivity contribution in [3.05, 3.63) is 149 Å². The number of carbonyl (C=O) groups is 6. The number of para-hydroxylation sites is 1. The van der Waals surface area contributed by atoms with Gasteiger partial charge in [0.05, 0.1) is 25.1 Å². The van der Waals surface area contributed by atoms with E-state index in [1.54, 1.807) is 42.5 Å². The molecular formula is C46H51N5O8S. The third-order valence-corrected chi connectivity index (χ3v) is 11.1. The predicted molar refractivity (Wildman–Crippen MR) is 232 cm³/mol. The molecule has 60 heavy (non-hydrogen) atoms. The number of carboxylic acid groups (broad SMARTS) is 1. The second-order valence-corrected chi connectivity index (χ2v) is 15.2. The maximum absolute atomic E-state index is 13.4. The van der Waals surface area contributed by atoms with E-state index in [1.165, 1.54) is 21.8 Å². The first kappa shape index (κ1) is 46.2. The Morgan fingerprint density at radius 2 is 1.33 bits per heavy atom. The number of nitrogens with two attached hydrogens (primary N) is 4. The molecule has 14 heteroatoms. The van der Waals surface area contributed by atoms with E-state index in [0.717, 1.165) is 21.6 Å². The van der Waals surface area contributed by atoms with E-state index in [-0.39, 0.29) is 26.0 Å². The van der Waals surface area contributed by atoms with E-state index >= 15 is 0 Å². The van der Waals surface area contributed by atoms with Gasteiger partial charge >= 0.3 is 5.97 Å². The first-order valence-corrected chi connectivity index (χ1v) is 20.2. The van der Waals surface area contributed by atoms with Gasteiger partial charge in [0.15, 0.2) is 6.29 Å². The number of thiophene rings is 1. The minimum atomic E-state index is -1.95. The number of nitrogens with zero attached hydrogens (tertiary/aromatic N) is 1. The van der Waals surface area contributed by atoms with Gasteiger partial charge in [-0.2, -0.15) is 0 Å². The van der Waals surface area contributed by atoms with Crippen molar-refractivity contribution >= 4 is 53.3 Å². The summed E-state index contributed by atoms with van der Waals surface area (Å²) in [7, 11) is 0. The largest absolute Gasteiger partial charge is 0.481 e. The number of amides is 3. The number of primary amides is 3. The number of carbonyl (C=O) groups excluding carboxylic acids is 5. The lowest BCUT2D eigenvalue weighted by atomic mass is 9.75. The van der Waals surface area contributed by atoms with Crippen molar-refractivity contribution in [2.45, 2.75) is 49.8 Å². The summed E-state index contributed by atoms with van der Waals surface area (Å²) < 4.78 is 6.00. The average molecular weight is 834 g/mol. The van der Waals surface area contributed by atoms with Crippen LogP contribution >= 0.6 is 11.3 Å². The Balaban J connectivity index is 0.000000386. The molecule has 9 N–H and O–H groups in total. The molecule has 0 aliphatic rings. The number of hydrogen-bond acceptors (Lipinski definition) is 10. The van der Waals surface area contributed by atoms with Crippen LogP contribution in [0, 0.1) is 11.8 Å². The van der Waals surface area contributed by atoms with Crippen molar-refractivity contribution in [1.29, 1.82) is 0 Å². The van der Waals surface area contributed by atoms with Gasteiger partial charge in [0.1, 0.15) is 17.9 Å². The zero-order valence-corrected chi connectivity index (χ0v) is 33.9. The third-order valence-electron chi connectivity index (χ3n) is 10.2. The van der Waals surface area contributed by atoms with Crippen molar-refractivity contribution in [1.82, 2.24) is 0 Å². The number of aldehydes is 2. The van der Waals surface area contributed by atoms with E-state index in [0.29, 0.717) is 31.1 Å². The highest BCUT2D eigenvalue weighted by Crippen LogP contribution is 2.36. The van der Waals surface area contributed by atoms with Gasteiger partial charge in [0.25, 0.3) is 0 Å². The number of ether oxygens (including phenoxy) is 1. The topological polar surface area (TPSA) is 239 Å². The molecule has 4 aromatic carbocycles. The molecule has 0 fully saturated rings. The molecule has 5 aromatic rings. The maximum Gasteiger partial charge on any atom is 0.303 e. The summed E-state index contributed by atoms with van der Waals surface area (Å²) in [6, 6.07) is 38.4. The van der Waals surface area contributed by atoms with Crippen LogP contribution < -0.4 is 27.8 Å². The van der Waals surface area contributed by atoms with Crippen molar-refractivity contribution in [3.63, 3.8) is 0 Å². The van der Waals surface area contributed by atoms with Crippen LogP contribution in [0.2, 0.25) is 0 Å². The molecule has 5 atom stereocenters. The Kier molecular flexibility index (Phi) is 17.9. The molecule has 0 saturated heterocycles. The molecule has 1 heterocycles. The maximum atomic E-state index is 13.4. The SMILES string of the molecule is NC(=O)[C@@H](Cc1cccs1)[C@@](CC=O)(C(N)=O)N(C[C@@H](C=O)OC[C@H](Cc1ccccc1)[C@@H](N)C(N)=O)c1ccccc1.O=C(O)CCc1ccc(-c2ccccc2)cc1. The monoisotopic (exact) mass is 833 g/mol. The number of aliphatic carboxylic acids is 1. The second-order valence-electron chi connectivity index (χ2n) is 14.2. The van der Waals surface area contributed by atoms with Crippen LogP contribution in [0.4, 0.5) is 5.69 Å². The summed E-state index contributed by atoms with van der Waals surface area (Å²) in [6.07, 6.45) is 0.519. The number of aryl methyl sites for hydroxylation is 1. The van der Waals surface area contributed by atoms with E-state index in [1.807, 2.05) is 78.2 Å². The molecular weight excluding hydrogens is 783 g/mol. The zero-order chi connectivity index (χ0) is 43.5. The Labute approximate surface area is 353 Å². The quantitative estimate of drug-likeness (QED) is 0.0584. The smallest absolute Gasteiger partial charge is 0.303 e. The predicted octanol–water partition coefficient (Wildman–Crippen LogP) is 4.34.